The normalized spacial score (nSPS) is 13.2. The predicted molar refractivity (Wildman–Crippen MR) is 121 cm³/mol. The zero-order valence-electron chi connectivity index (χ0n) is 18.7. The molecule has 7 nitrogen and oxygen atoms in total. The van der Waals surface area contributed by atoms with Crippen molar-refractivity contribution in [1.82, 2.24) is 10.2 Å². The average Bonchev–Trinajstić information content (AvgIpc) is 3.08. The van der Waals surface area contributed by atoms with Gasteiger partial charge in [-0.15, -0.1) is 0 Å². The second-order valence-electron chi connectivity index (χ2n) is 8.25. The lowest BCUT2D eigenvalue weighted by Gasteiger charge is -2.30. The number of carbonyl (C=O) groups excluding carboxylic acids is 2. The minimum atomic E-state index is -1.18. The highest BCUT2D eigenvalue weighted by Crippen LogP contribution is 2.44. The van der Waals surface area contributed by atoms with Gasteiger partial charge >= 0.3 is 12.1 Å². The summed E-state index contributed by atoms with van der Waals surface area (Å²) in [6.45, 7) is 6.24. The van der Waals surface area contributed by atoms with Gasteiger partial charge in [-0.05, 0) is 42.5 Å². The predicted octanol–water partition coefficient (Wildman–Crippen LogP) is 4.02. The number of rotatable bonds is 9. The molecule has 0 bridgehead atoms. The van der Waals surface area contributed by atoms with Crippen LogP contribution in [0.5, 0.6) is 0 Å². The van der Waals surface area contributed by atoms with Crippen molar-refractivity contribution in [3.63, 3.8) is 0 Å². The van der Waals surface area contributed by atoms with Crippen LogP contribution >= 0.6 is 0 Å². The molecule has 7 heteroatoms. The highest BCUT2D eigenvalue weighted by molar-refractivity contribution is 5.89. The van der Waals surface area contributed by atoms with Crippen LogP contribution < -0.4 is 5.32 Å². The molecule has 2 N–H and O–H groups in total. The van der Waals surface area contributed by atoms with Gasteiger partial charge in [-0.1, -0.05) is 55.5 Å². The maximum atomic E-state index is 12.9. The molecular weight excluding hydrogens is 408 g/mol. The summed E-state index contributed by atoms with van der Waals surface area (Å²) in [5, 5.41) is 11.7. The first kappa shape index (κ1) is 23.3. The Bertz CT molecular complexity index is 942. The van der Waals surface area contributed by atoms with Crippen LogP contribution in [-0.2, 0) is 14.3 Å². The summed E-state index contributed by atoms with van der Waals surface area (Å²) >= 11 is 0. The van der Waals surface area contributed by atoms with Crippen LogP contribution in [0.4, 0.5) is 4.79 Å². The Morgan fingerprint density at radius 3 is 2.09 bits per heavy atom. The van der Waals surface area contributed by atoms with Gasteiger partial charge in [0, 0.05) is 18.5 Å². The summed E-state index contributed by atoms with van der Waals surface area (Å²) in [5.41, 5.74) is 4.38. The van der Waals surface area contributed by atoms with E-state index in [1.165, 1.54) is 0 Å². The van der Waals surface area contributed by atoms with E-state index in [-0.39, 0.29) is 18.6 Å². The van der Waals surface area contributed by atoms with Crippen LogP contribution in [0.15, 0.2) is 48.5 Å². The van der Waals surface area contributed by atoms with E-state index in [0.29, 0.717) is 6.54 Å². The molecule has 32 heavy (non-hydrogen) atoms. The molecular formula is C25H30N2O5. The van der Waals surface area contributed by atoms with Crippen LogP contribution in [0.25, 0.3) is 11.1 Å². The third kappa shape index (κ3) is 5.10. The quantitative estimate of drug-likeness (QED) is 0.617. The average molecular weight is 439 g/mol. The van der Waals surface area contributed by atoms with E-state index in [0.717, 1.165) is 28.7 Å². The number of alkyl carbamates (subject to hydrolysis) is 1. The monoisotopic (exact) mass is 438 g/mol. The Morgan fingerprint density at radius 1 is 1.03 bits per heavy atom. The van der Waals surface area contributed by atoms with Gasteiger partial charge in [-0.2, -0.15) is 0 Å². The molecule has 2 amide bonds. The Labute approximate surface area is 188 Å². The van der Waals surface area contributed by atoms with Crippen LogP contribution in [0.1, 0.15) is 50.7 Å². The molecule has 1 aliphatic rings. The highest BCUT2D eigenvalue weighted by atomic mass is 16.5. The zero-order valence-corrected chi connectivity index (χ0v) is 18.7. The van der Waals surface area contributed by atoms with Crippen molar-refractivity contribution in [2.24, 2.45) is 0 Å². The number of nitrogens with zero attached hydrogens (tertiary/aromatic N) is 1. The fraction of sp³-hybridized carbons (Fsp3) is 0.400. The number of hydrogen-bond donors (Lipinski definition) is 2. The molecule has 2 aromatic rings. The molecule has 0 aliphatic heterocycles. The lowest BCUT2D eigenvalue weighted by molar-refractivity contribution is -0.143. The van der Waals surface area contributed by atoms with Crippen LogP contribution in [0.3, 0.4) is 0 Å². The number of ether oxygens (including phenoxy) is 1. The molecule has 0 fully saturated rings. The van der Waals surface area contributed by atoms with Crippen molar-refractivity contribution in [3.05, 3.63) is 59.7 Å². The smallest absolute Gasteiger partial charge is 0.407 e. The molecule has 0 radical (unpaired) electrons. The summed E-state index contributed by atoms with van der Waals surface area (Å²) in [6, 6.07) is 14.7. The molecule has 1 aliphatic carbocycles. The summed E-state index contributed by atoms with van der Waals surface area (Å²) in [6.07, 6.45) is -0.573. The molecule has 0 aromatic heterocycles. The van der Waals surface area contributed by atoms with Gasteiger partial charge in [0.15, 0.2) is 0 Å². The molecule has 0 saturated carbocycles. The molecule has 0 spiro atoms. The number of benzene rings is 2. The number of aliphatic carboxylic acids is 1. The maximum absolute atomic E-state index is 12.9. The standard InChI is InChI=1S/C25H30N2O5/c1-4-13-27(16(2)3)24(30)22(14-23(28)29)26-25(31)32-15-21-19-11-7-5-9-17(19)18-10-6-8-12-20(18)21/h5-12,16,21-22H,4,13-15H2,1-3H3,(H,26,31)(H,28,29). The minimum Gasteiger partial charge on any atom is -0.481 e. The first-order chi connectivity index (χ1) is 15.3. The number of hydrogen-bond acceptors (Lipinski definition) is 4. The SMILES string of the molecule is CCCN(C(=O)C(CC(=O)O)NC(=O)OCC1c2ccccc2-c2ccccc21)C(C)C. The third-order valence-corrected chi connectivity index (χ3v) is 5.68. The third-order valence-electron chi connectivity index (χ3n) is 5.68. The van der Waals surface area contributed by atoms with Crippen molar-refractivity contribution >= 4 is 18.0 Å². The van der Waals surface area contributed by atoms with Crippen LogP contribution in [0, 0.1) is 0 Å². The molecule has 1 atom stereocenters. The summed E-state index contributed by atoms with van der Waals surface area (Å²) < 4.78 is 5.49. The number of carbonyl (C=O) groups is 3. The van der Waals surface area contributed by atoms with Gasteiger partial charge in [0.05, 0.1) is 6.42 Å². The largest absolute Gasteiger partial charge is 0.481 e. The van der Waals surface area contributed by atoms with E-state index < -0.39 is 30.4 Å². The summed E-state index contributed by atoms with van der Waals surface area (Å²) in [4.78, 5) is 38.4. The fourth-order valence-corrected chi connectivity index (χ4v) is 4.22. The molecule has 170 valence electrons. The number of amides is 2. The van der Waals surface area contributed by atoms with Gasteiger partial charge < -0.3 is 20.1 Å². The lowest BCUT2D eigenvalue weighted by atomic mass is 9.98. The van der Waals surface area contributed by atoms with Crippen LogP contribution in [-0.4, -0.2) is 53.2 Å². The Morgan fingerprint density at radius 2 is 1.59 bits per heavy atom. The van der Waals surface area contributed by atoms with Gasteiger partial charge in [0.2, 0.25) is 5.91 Å². The second kappa shape index (κ2) is 10.3. The van der Waals surface area contributed by atoms with Crippen molar-refractivity contribution in [2.75, 3.05) is 13.2 Å². The topological polar surface area (TPSA) is 95.9 Å². The minimum absolute atomic E-state index is 0.0939. The molecule has 2 aromatic carbocycles. The lowest BCUT2D eigenvalue weighted by Crippen LogP contribution is -2.52. The molecule has 0 heterocycles. The van der Waals surface area contributed by atoms with Crippen molar-refractivity contribution in [3.8, 4) is 11.1 Å². The van der Waals surface area contributed by atoms with E-state index in [9.17, 15) is 19.5 Å². The van der Waals surface area contributed by atoms with Gasteiger partial charge in [-0.25, -0.2) is 4.79 Å². The van der Waals surface area contributed by atoms with E-state index in [4.69, 9.17) is 4.74 Å². The van der Waals surface area contributed by atoms with E-state index in [1.54, 1.807) is 4.90 Å². The van der Waals surface area contributed by atoms with E-state index in [2.05, 4.69) is 5.32 Å². The zero-order chi connectivity index (χ0) is 23.3. The molecule has 0 saturated heterocycles. The van der Waals surface area contributed by atoms with Gasteiger partial charge in [0.1, 0.15) is 12.6 Å². The molecule has 1 unspecified atom stereocenters. The van der Waals surface area contributed by atoms with Gasteiger partial charge in [-0.3, -0.25) is 9.59 Å². The van der Waals surface area contributed by atoms with Gasteiger partial charge in [0.25, 0.3) is 0 Å². The first-order valence-electron chi connectivity index (χ1n) is 11.0. The Hall–Kier alpha value is -3.35. The van der Waals surface area contributed by atoms with E-state index in [1.807, 2.05) is 69.3 Å². The highest BCUT2D eigenvalue weighted by Gasteiger charge is 2.32. The Balaban J connectivity index is 1.71. The van der Waals surface area contributed by atoms with Crippen LogP contribution in [0.2, 0.25) is 0 Å². The van der Waals surface area contributed by atoms with Crippen molar-refractivity contribution in [1.29, 1.82) is 0 Å². The summed E-state index contributed by atoms with van der Waals surface area (Å²) in [7, 11) is 0. The van der Waals surface area contributed by atoms with E-state index >= 15 is 0 Å². The number of carboxylic acids is 1. The number of nitrogens with one attached hydrogen (secondary N) is 1. The van der Waals surface area contributed by atoms with Crippen molar-refractivity contribution in [2.45, 2.75) is 51.6 Å². The number of carboxylic acid groups (broad SMARTS) is 1. The maximum Gasteiger partial charge on any atom is 0.407 e. The van der Waals surface area contributed by atoms with Crippen molar-refractivity contribution < 1.29 is 24.2 Å². The fourth-order valence-electron chi connectivity index (χ4n) is 4.22. The summed E-state index contributed by atoms with van der Waals surface area (Å²) in [5.74, 6) is -1.70. The second-order valence-corrected chi connectivity index (χ2v) is 8.25. The first-order valence-corrected chi connectivity index (χ1v) is 11.0. The molecule has 3 rings (SSSR count). The Kier molecular flexibility index (Phi) is 7.51. The number of fused-ring (bicyclic) bond motifs is 3.